The van der Waals surface area contributed by atoms with E-state index in [9.17, 15) is 0 Å². The van der Waals surface area contributed by atoms with Crippen LogP contribution in [0.25, 0.3) is 22.2 Å². The summed E-state index contributed by atoms with van der Waals surface area (Å²) >= 11 is 0. The van der Waals surface area contributed by atoms with Gasteiger partial charge in [-0.3, -0.25) is 0 Å². The summed E-state index contributed by atoms with van der Waals surface area (Å²) in [6.07, 6.45) is 0.664. The summed E-state index contributed by atoms with van der Waals surface area (Å²) in [5.74, 6) is 1.27. The molecule has 0 N–H and O–H groups in total. The molecule has 3 heteroatoms. The maximum absolute atomic E-state index is 5.37. The van der Waals surface area contributed by atoms with Gasteiger partial charge in [0.05, 0.1) is 0 Å². The van der Waals surface area contributed by atoms with Crippen molar-refractivity contribution in [1.82, 2.24) is 10.1 Å². The lowest BCUT2D eigenvalue weighted by Crippen LogP contribution is -1.92. The highest BCUT2D eigenvalue weighted by atomic mass is 16.5. The predicted octanol–water partition coefficient (Wildman–Crippen LogP) is 4.48. The van der Waals surface area contributed by atoms with Gasteiger partial charge in [0.1, 0.15) is 0 Å². The fraction of sp³-hybridized carbons (Fsp3) is 0.0526. The van der Waals surface area contributed by atoms with Crippen LogP contribution in [0.4, 0.5) is 0 Å². The molecular weight excluding hydrogens is 272 g/mol. The molecule has 0 unspecified atom stereocenters. The summed E-state index contributed by atoms with van der Waals surface area (Å²) in [5.41, 5.74) is 2.15. The average molecular weight is 286 g/mol. The number of nitrogens with zero attached hydrogens (tertiary/aromatic N) is 2. The van der Waals surface area contributed by atoms with Crippen LogP contribution in [0, 0.1) is 0 Å². The Morgan fingerprint density at radius 1 is 0.773 bits per heavy atom. The number of hydrogen-bond donors (Lipinski definition) is 0. The molecule has 0 radical (unpaired) electrons. The highest BCUT2D eigenvalue weighted by Crippen LogP contribution is 2.22. The fourth-order valence-corrected chi connectivity index (χ4v) is 2.64. The Bertz CT molecular complexity index is 908. The van der Waals surface area contributed by atoms with Crippen LogP contribution in [0.2, 0.25) is 0 Å². The average Bonchev–Trinajstić information content (AvgIpc) is 3.05. The second-order valence-corrected chi connectivity index (χ2v) is 5.20. The van der Waals surface area contributed by atoms with E-state index in [1.807, 2.05) is 36.4 Å². The van der Waals surface area contributed by atoms with Gasteiger partial charge >= 0.3 is 0 Å². The van der Waals surface area contributed by atoms with Crippen LogP contribution in [-0.4, -0.2) is 10.1 Å². The molecule has 0 aliphatic carbocycles. The van der Waals surface area contributed by atoms with Crippen LogP contribution in [0.1, 0.15) is 11.4 Å². The Hall–Kier alpha value is -2.94. The number of fused-ring (bicyclic) bond motifs is 1. The first-order valence-electron chi connectivity index (χ1n) is 7.25. The van der Waals surface area contributed by atoms with Gasteiger partial charge in [-0.2, -0.15) is 4.98 Å². The summed E-state index contributed by atoms with van der Waals surface area (Å²) in [6.45, 7) is 0. The molecule has 0 atom stereocenters. The zero-order valence-corrected chi connectivity index (χ0v) is 11.9. The molecule has 0 bridgehead atoms. The van der Waals surface area contributed by atoms with E-state index in [1.165, 1.54) is 16.3 Å². The smallest absolute Gasteiger partial charge is 0.257 e. The highest BCUT2D eigenvalue weighted by molar-refractivity contribution is 5.85. The minimum atomic E-state index is 0.566. The van der Waals surface area contributed by atoms with Crippen molar-refractivity contribution in [2.45, 2.75) is 6.42 Å². The number of hydrogen-bond acceptors (Lipinski definition) is 3. The molecule has 0 saturated heterocycles. The maximum atomic E-state index is 5.37. The SMILES string of the molecule is c1ccc(-c2nc(Cc3cccc4ccccc34)no2)cc1. The summed E-state index contributed by atoms with van der Waals surface area (Å²) in [4.78, 5) is 4.50. The molecule has 3 aromatic carbocycles. The molecule has 1 aromatic heterocycles. The fourth-order valence-electron chi connectivity index (χ4n) is 2.64. The first-order chi connectivity index (χ1) is 10.9. The minimum absolute atomic E-state index is 0.566. The molecule has 1 heterocycles. The Kier molecular flexibility index (Phi) is 3.16. The zero-order chi connectivity index (χ0) is 14.8. The molecule has 22 heavy (non-hydrogen) atoms. The van der Waals surface area contributed by atoms with Crippen molar-refractivity contribution in [1.29, 1.82) is 0 Å². The normalized spacial score (nSPS) is 10.9. The molecule has 0 fully saturated rings. The predicted molar refractivity (Wildman–Crippen MR) is 86.5 cm³/mol. The van der Waals surface area contributed by atoms with Crippen LogP contribution in [0.5, 0.6) is 0 Å². The number of benzene rings is 3. The third-order valence-corrected chi connectivity index (χ3v) is 3.72. The molecule has 0 aliphatic rings. The third-order valence-electron chi connectivity index (χ3n) is 3.72. The van der Waals surface area contributed by atoms with Crippen molar-refractivity contribution in [3.63, 3.8) is 0 Å². The minimum Gasteiger partial charge on any atom is -0.334 e. The Labute approximate surface area is 128 Å². The lowest BCUT2D eigenvalue weighted by Gasteiger charge is -2.03. The van der Waals surface area contributed by atoms with Crippen molar-refractivity contribution in [2.24, 2.45) is 0 Å². The maximum Gasteiger partial charge on any atom is 0.257 e. The topological polar surface area (TPSA) is 38.9 Å². The first kappa shape index (κ1) is 12.8. The molecular formula is C19H14N2O. The van der Waals surface area contributed by atoms with Gasteiger partial charge in [-0.25, -0.2) is 0 Å². The second kappa shape index (κ2) is 5.45. The Morgan fingerprint density at radius 3 is 2.45 bits per heavy atom. The van der Waals surface area contributed by atoms with E-state index < -0.39 is 0 Å². The Balaban J connectivity index is 1.68. The van der Waals surface area contributed by atoms with E-state index in [-0.39, 0.29) is 0 Å². The van der Waals surface area contributed by atoms with Gasteiger partial charge in [-0.05, 0) is 28.5 Å². The van der Waals surface area contributed by atoms with Gasteiger partial charge in [-0.1, -0.05) is 65.8 Å². The molecule has 0 amide bonds. The molecule has 4 rings (SSSR count). The quantitative estimate of drug-likeness (QED) is 0.557. The second-order valence-electron chi connectivity index (χ2n) is 5.20. The van der Waals surface area contributed by atoms with E-state index in [2.05, 4.69) is 46.5 Å². The lowest BCUT2D eigenvalue weighted by molar-refractivity contribution is 0.424. The molecule has 0 aliphatic heterocycles. The summed E-state index contributed by atoms with van der Waals surface area (Å²) in [7, 11) is 0. The molecule has 4 aromatic rings. The largest absolute Gasteiger partial charge is 0.334 e. The van der Waals surface area contributed by atoms with Crippen LogP contribution in [-0.2, 0) is 6.42 Å². The Morgan fingerprint density at radius 2 is 1.55 bits per heavy atom. The van der Waals surface area contributed by atoms with Gasteiger partial charge in [-0.15, -0.1) is 0 Å². The van der Waals surface area contributed by atoms with E-state index in [0.29, 0.717) is 18.1 Å². The van der Waals surface area contributed by atoms with E-state index in [0.717, 1.165) is 5.56 Å². The van der Waals surface area contributed by atoms with Crippen LogP contribution >= 0.6 is 0 Å². The van der Waals surface area contributed by atoms with E-state index in [1.54, 1.807) is 0 Å². The van der Waals surface area contributed by atoms with Gasteiger partial charge < -0.3 is 4.52 Å². The molecule has 106 valence electrons. The van der Waals surface area contributed by atoms with Gasteiger partial charge in [0, 0.05) is 12.0 Å². The van der Waals surface area contributed by atoms with Crippen molar-refractivity contribution < 1.29 is 4.52 Å². The monoisotopic (exact) mass is 286 g/mol. The standard InChI is InChI=1S/C19H14N2O/c1-2-8-15(9-3-1)19-20-18(21-22-19)13-16-11-6-10-14-7-4-5-12-17(14)16/h1-12H,13H2. The molecule has 0 spiro atoms. The van der Waals surface area contributed by atoms with Crippen molar-refractivity contribution in [3.8, 4) is 11.5 Å². The van der Waals surface area contributed by atoms with Crippen LogP contribution in [0.3, 0.4) is 0 Å². The summed E-state index contributed by atoms with van der Waals surface area (Å²) < 4.78 is 5.37. The third kappa shape index (κ3) is 2.37. The van der Waals surface area contributed by atoms with Gasteiger partial charge in [0.15, 0.2) is 5.82 Å². The number of aromatic nitrogens is 2. The van der Waals surface area contributed by atoms with E-state index in [4.69, 9.17) is 4.52 Å². The van der Waals surface area contributed by atoms with Crippen molar-refractivity contribution >= 4 is 10.8 Å². The lowest BCUT2D eigenvalue weighted by atomic mass is 10.0. The van der Waals surface area contributed by atoms with Crippen molar-refractivity contribution in [3.05, 3.63) is 84.2 Å². The highest BCUT2D eigenvalue weighted by Gasteiger charge is 2.10. The zero-order valence-electron chi connectivity index (χ0n) is 11.9. The number of rotatable bonds is 3. The van der Waals surface area contributed by atoms with Gasteiger partial charge in [0.25, 0.3) is 5.89 Å². The van der Waals surface area contributed by atoms with Gasteiger partial charge in [0.2, 0.25) is 0 Å². The van der Waals surface area contributed by atoms with Crippen LogP contribution < -0.4 is 0 Å². The first-order valence-corrected chi connectivity index (χ1v) is 7.25. The van der Waals surface area contributed by atoms with Crippen LogP contribution in [0.15, 0.2) is 77.3 Å². The molecule has 3 nitrogen and oxygen atoms in total. The molecule has 0 saturated carbocycles. The van der Waals surface area contributed by atoms with Crippen molar-refractivity contribution in [2.75, 3.05) is 0 Å². The summed E-state index contributed by atoms with van der Waals surface area (Å²) in [6, 6.07) is 24.5. The van der Waals surface area contributed by atoms with E-state index >= 15 is 0 Å². The summed E-state index contributed by atoms with van der Waals surface area (Å²) in [5, 5.41) is 6.57.